The van der Waals surface area contributed by atoms with Crippen LogP contribution in [0.5, 0.6) is 0 Å². The van der Waals surface area contributed by atoms with Gasteiger partial charge < -0.3 is 5.32 Å². The number of carbonyl (C=O) groups excluding carboxylic acids is 1. The van der Waals surface area contributed by atoms with Crippen LogP contribution in [0.3, 0.4) is 0 Å². The Hall–Kier alpha value is -2.53. The summed E-state index contributed by atoms with van der Waals surface area (Å²) in [5, 5.41) is 4.67. The lowest BCUT2D eigenvalue weighted by Gasteiger charge is -2.04. The number of rotatable bonds is 4. The summed E-state index contributed by atoms with van der Waals surface area (Å²) in [6.07, 6.45) is 3.48. The summed E-state index contributed by atoms with van der Waals surface area (Å²) in [5.74, 6) is -0.593. The highest BCUT2D eigenvalue weighted by atomic mass is 32.1. The van der Waals surface area contributed by atoms with Crippen molar-refractivity contribution in [3.8, 4) is 10.4 Å². The van der Waals surface area contributed by atoms with Crippen molar-refractivity contribution in [1.82, 2.24) is 4.98 Å². The zero-order valence-corrected chi connectivity index (χ0v) is 12.4. The van der Waals surface area contributed by atoms with Gasteiger partial charge in [0.2, 0.25) is 5.91 Å². The van der Waals surface area contributed by atoms with E-state index in [1.54, 1.807) is 30.6 Å². The molecule has 1 amide bonds. The Kier molecular flexibility index (Phi) is 4.25. The number of hydrogen-bond acceptors (Lipinski definition) is 3. The molecule has 3 aromatic rings. The van der Waals surface area contributed by atoms with Crippen molar-refractivity contribution < 1.29 is 9.18 Å². The van der Waals surface area contributed by atoms with Crippen LogP contribution in [0.1, 0.15) is 5.56 Å². The van der Waals surface area contributed by atoms with Crippen molar-refractivity contribution in [2.24, 2.45) is 0 Å². The minimum atomic E-state index is -0.361. The van der Waals surface area contributed by atoms with Gasteiger partial charge in [0, 0.05) is 22.7 Å². The van der Waals surface area contributed by atoms with Crippen LogP contribution in [0.4, 0.5) is 10.1 Å². The number of thiophene rings is 1. The number of carbonyl (C=O) groups is 1. The molecule has 1 aromatic carbocycles. The average molecular weight is 312 g/mol. The number of hydrogen-bond donors (Lipinski definition) is 1. The van der Waals surface area contributed by atoms with Gasteiger partial charge in [-0.15, -0.1) is 11.3 Å². The molecule has 0 fully saturated rings. The highest BCUT2D eigenvalue weighted by Gasteiger charge is 2.09. The highest BCUT2D eigenvalue weighted by Crippen LogP contribution is 2.29. The zero-order valence-electron chi connectivity index (χ0n) is 11.6. The van der Waals surface area contributed by atoms with Crippen LogP contribution < -0.4 is 5.32 Å². The number of halogens is 1. The summed E-state index contributed by atoms with van der Waals surface area (Å²) in [4.78, 5) is 17.0. The van der Waals surface area contributed by atoms with Crippen LogP contribution in [0.2, 0.25) is 0 Å². The van der Waals surface area contributed by atoms with Gasteiger partial charge in [0.15, 0.2) is 0 Å². The first-order chi connectivity index (χ1) is 10.7. The van der Waals surface area contributed by atoms with Gasteiger partial charge in [-0.1, -0.05) is 18.2 Å². The standard InChI is InChI=1S/C17H13FN2OS/c18-15-4-2-1-3-13(15)9-17(21)20-14-10-16(22-11-14)12-5-7-19-8-6-12/h1-8,10-11H,9H2,(H,20,21). The van der Waals surface area contributed by atoms with E-state index in [1.165, 1.54) is 17.4 Å². The van der Waals surface area contributed by atoms with Crippen LogP contribution in [-0.4, -0.2) is 10.9 Å². The van der Waals surface area contributed by atoms with Crippen LogP contribution in [0, 0.1) is 5.82 Å². The van der Waals surface area contributed by atoms with Gasteiger partial charge in [-0.3, -0.25) is 9.78 Å². The second-order valence-electron chi connectivity index (χ2n) is 4.75. The van der Waals surface area contributed by atoms with Crippen molar-refractivity contribution in [3.05, 3.63) is 71.6 Å². The quantitative estimate of drug-likeness (QED) is 0.787. The lowest BCUT2D eigenvalue weighted by molar-refractivity contribution is -0.115. The third-order valence-electron chi connectivity index (χ3n) is 3.16. The summed E-state index contributed by atoms with van der Waals surface area (Å²) in [6, 6.07) is 12.0. The maximum Gasteiger partial charge on any atom is 0.228 e. The predicted molar refractivity (Wildman–Crippen MR) is 86.3 cm³/mol. The molecule has 0 aliphatic rings. The number of pyridine rings is 1. The predicted octanol–water partition coefficient (Wildman–Crippen LogP) is 4.13. The Morgan fingerprint density at radius 3 is 2.73 bits per heavy atom. The number of nitrogens with one attached hydrogen (secondary N) is 1. The molecule has 2 aromatic heterocycles. The van der Waals surface area contributed by atoms with Crippen molar-refractivity contribution in [1.29, 1.82) is 0 Å². The molecule has 0 radical (unpaired) electrons. The van der Waals surface area contributed by atoms with Gasteiger partial charge in [-0.25, -0.2) is 4.39 Å². The van der Waals surface area contributed by atoms with Crippen LogP contribution in [0.25, 0.3) is 10.4 Å². The minimum Gasteiger partial charge on any atom is -0.325 e. The number of benzene rings is 1. The highest BCUT2D eigenvalue weighted by molar-refractivity contribution is 7.14. The number of amides is 1. The molecule has 2 heterocycles. The Balaban J connectivity index is 1.68. The fraction of sp³-hybridized carbons (Fsp3) is 0.0588. The van der Waals surface area contributed by atoms with E-state index in [9.17, 15) is 9.18 Å². The maximum absolute atomic E-state index is 13.5. The molecule has 5 heteroatoms. The van der Waals surface area contributed by atoms with Crippen LogP contribution >= 0.6 is 11.3 Å². The number of aromatic nitrogens is 1. The topological polar surface area (TPSA) is 42.0 Å². The largest absolute Gasteiger partial charge is 0.325 e. The Bertz CT molecular complexity index is 786. The smallest absolute Gasteiger partial charge is 0.228 e. The fourth-order valence-corrected chi connectivity index (χ4v) is 2.94. The Morgan fingerprint density at radius 2 is 1.95 bits per heavy atom. The Labute approximate surface area is 131 Å². The van der Waals surface area contributed by atoms with Crippen molar-refractivity contribution in [2.45, 2.75) is 6.42 Å². The molecule has 0 atom stereocenters. The second-order valence-corrected chi connectivity index (χ2v) is 5.66. The summed E-state index contributed by atoms with van der Waals surface area (Å²) in [5.41, 5.74) is 2.16. The molecule has 110 valence electrons. The van der Waals surface area contributed by atoms with E-state index in [4.69, 9.17) is 0 Å². The Morgan fingerprint density at radius 1 is 1.18 bits per heavy atom. The van der Waals surface area contributed by atoms with Gasteiger partial charge >= 0.3 is 0 Å². The first-order valence-electron chi connectivity index (χ1n) is 6.74. The van der Waals surface area contributed by atoms with E-state index in [0.29, 0.717) is 5.56 Å². The summed E-state index contributed by atoms with van der Waals surface area (Å²) in [7, 11) is 0. The lowest BCUT2D eigenvalue weighted by Crippen LogP contribution is -2.14. The van der Waals surface area contributed by atoms with Gasteiger partial charge in [-0.05, 0) is 35.4 Å². The number of nitrogens with zero attached hydrogens (tertiary/aromatic N) is 1. The molecule has 0 unspecified atom stereocenters. The molecule has 0 spiro atoms. The molecule has 0 saturated carbocycles. The van der Waals surface area contributed by atoms with E-state index in [0.717, 1.165) is 16.1 Å². The van der Waals surface area contributed by atoms with Gasteiger partial charge in [0.1, 0.15) is 5.82 Å². The SMILES string of the molecule is O=C(Cc1ccccc1F)Nc1csc(-c2ccncc2)c1. The normalized spacial score (nSPS) is 10.4. The van der Waals surface area contributed by atoms with E-state index in [2.05, 4.69) is 10.3 Å². The first kappa shape index (κ1) is 14.4. The van der Waals surface area contributed by atoms with E-state index in [1.807, 2.05) is 23.6 Å². The molecular formula is C17H13FN2OS. The van der Waals surface area contributed by atoms with E-state index < -0.39 is 0 Å². The molecule has 1 N–H and O–H groups in total. The minimum absolute atomic E-state index is 0.0209. The van der Waals surface area contributed by atoms with Crippen molar-refractivity contribution in [3.63, 3.8) is 0 Å². The maximum atomic E-state index is 13.5. The van der Waals surface area contributed by atoms with Gasteiger partial charge in [0.25, 0.3) is 0 Å². The monoisotopic (exact) mass is 312 g/mol. The van der Waals surface area contributed by atoms with Crippen LogP contribution in [-0.2, 0) is 11.2 Å². The molecular weight excluding hydrogens is 299 g/mol. The molecule has 0 saturated heterocycles. The summed E-state index contributed by atoms with van der Waals surface area (Å²) >= 11 is 1.54. The van der Waals surface area contributed by atoms with E-state index >= 15 is 0 Å². The third kappa shape index (κ3) is 3.38. The van der Waals surface area contributed by atoms with Crippen molar-refractivity contribution >= 4 is 22.9 Å². The molecule has 0 aliphatic heterocycles. The summed E-state index contributed by atoms with van der Waals surface area (Å²) in [6.45, 7) is 0. The van der Waals surface area contributed by atoms with Gasteiger partial charge in [0.05, 0.1) is 12.1 Å². The molecule has 22 heavy (non-hydrogen) atoms. The molecule has 3 nitrogen and oxygen atoms in total. The fourth-order valence-electron chi connectivity index (χ4n) is 2.09. The summed E-state index contributed by atoms with van der Waals surface area (Å²) < 4.78 is 13.5. The molecule has 3 rings (SSSR count). The third-order valence-corrected chi connectivity index (χ3v) is 4.14. The first-order valence-corrected chi connectivity index (χ1v) is 7.62. The molecule has 0 bridgehead atoms. The molecule has 0 aliphatic carbocycles. The van der Waals surface area contributed by atoms with Crippen LogP contribution in [0.15, 0.2) is 60.2 Å². The zero-order chi connectivity index (χ0) is 15.4. The van der Waals surface area contributed by atoms with Gasteiger partial charge in [-0.2, -0.15) is 0 Å². The second kappa shape index (κ2) is 6.49. The van der Waals surface area contributed by atoms with E-state index in [-0.39, 0.29) is 18.1 Å². The number of anilines is 1. The average Bonchev–Trinajstić information content (AvgIpc) is 2.99. The lowest BCUT2D eigenvalue weighted by atomic mass is 10.1. The van der Waals surface area contributed by atoms with Crippen molar-refractivity contribution in [2.75, 3.05) is 5.32 Å².